The maximum Gasteiger partial charge on any atom is 0.125 e. The Hall–Kier alpha value is -1.60. The van der Waals surface area contributed by atoms with E-state index in [4.69, 9.17) is 10.4 Å². The van der Waals surface area contributed by atoms with Crippen LogP contribution < -0.4 is 4.90 Å². The smallest absolute Gasteiger partial charge is 0.125 e. The van der Waals surface area contributed by atoms with Gasteiger partial charge in [-0.15, -0.1) is 0 Å². The molecule has 0 saturated heterocycles. The average Bonchev–Trinajstić information content (AvgIpc) is 3.13. The third-order valence-corrected chi connectivity index (χ3v) is 2.91. The summed E-state index contributed by atoms with van der Waals surface area (Å²) in [4.78, 5) is 2.06. The Morgan fingerprint density at radius 2 is 2.18 bits per heavy atom. The summed E-state index contributed by atoms with van der Waals surface area (Å²) in [5, 5.41) is 17.7. The van der Waals surface area contributed by atoms with Crippen LogP contribution in [0.15, 0.2) is 18.2 Å². The molecule has 0 heterocycles. The fraction of sp³-hybridized carbons (Fsp3) is 0.462. The zero-order valence-electron chi connectivity index (χ0n) is 9.56. The molecule has 1 aromatic carbocycles. The van der Waals surface area contributed by atoms with Crippen LogP contribution in [0, 0.1) is 17.1 Å². The average molecular weight is 234 g/mol. The molecule has 0 atom stereocenters. The highest BCUT2D eigenvalue weighted by atomic mass is 19.1. The van der Waals surface area contributed by atoms with Gasteiger partial charge in [0.05, 0.1) is 19.1 Å². The number of nitriles is 1. The van der Waals surface area contributed by atoms with Crippen molar-refractivity contribution in [2.75, 3.05) is 11.4 Å². The Morgan fingerprint density at radius 3 is 2.76 bits per heavy atom. The van der Waals surface area contributed by atoms with Gasteiger partial charge in [-0.3, -0.25) is 0 Å². The summed E-state index contributed by atoms with van der Waals surface area (Å²) in [6.07, 6.45) is 2.62. The van der Waals surface area contributed by atoms with Crippen molar-refractivity contribution in [3.63, 3.8) is 0 Å². The minimum absolute atomic E-state index is 0.165. The molecular weight excluding hydrogens is 219 g/mol. The zero-order valence-corrected chi connectivity index (χ0v) is 9.56. The minimum Gasteiger partial charge on any atom is -0.392 e. The van der Waals surface area contributed by atoms with Gasteiger partial charge in [-0.05, 0) is 36.6 Å². The maximum atomic E-state index is 13.4. The monoisotopic (exact) mass is 234 g/mol. The standard InChI is InChI=1S/C13H15FN2O/c14-11-6-10(9-17)7-13(8-11)16(5-1-4-15)12-2-3-12/h6-8,12,17H,1-3,5,9H2. The van der Waals surface area contributed by atoms with E-state index in [1.54, 1.807) is 6.07 Å². The molecule has 0 radical (unpaired) electrons. The van der Waals surface area contributed by atoms with E-state index >= 15 is 0 Å². The van der Waals surface area contributed by atoms with E-state index in [1.165, 1.54) is 12.1 Å². The molecule has 1 fully saturated rings. The molecule has 0 spiro atoms. The molecule has 1 saturated carbocycles. The minimum atomic E-state index is -0.339. The lowest BCUT2D eigenvalue weighted by Gasteiger charge is -2.24. The normalized spacial score (nSPS) is 14.4. The molecule has 1 aliphatic rings. The molecule has 3 nitrogen and oxygen atoms in total. The van der Waals surface area contributed by atoms with Gasteiger partial charge in [-0.2, -0.15) is 5.26 Å². The lowest BCUT2D eigenvalue weighted by Crippen LogP contribution is -2.26. The largest absolute Gasteiger partial charge is 0.392 e. The third kappa shape index (κ3) is 2.95. The number of anilines is 1. The number of halogens is 1. The van der Waals surface area contributed by atoms with Crippen LogP contribution in [0.2, 0.25) is 0 Å². The maximum absolute atomic E-state index is 13.4. The summed E-state index contributed by atoms with van der Waals surface area (Å²) in [7, 11) is 0. The first kappa shape index (κ1) is 11.9. The van der Waals surface area contributed by atoms with E-state index in [0.717, 1.165) is 18.5 Å². The molecule has 0 unspecified atom stereocenters. The molecule has 90 valence electrons. The van der Waals surface area contributed by atoms with Crippen molar-refractivity contribution < 1.29 is 9.50 Å². The Balaban J connectivity index is 2.22. The fourth-order valence-corrected chi connectivity index (χ4v) is 1.97. The molecule has 1 aromatic rings. The van der Waals surface area contributed by atoms with Gasteiger partial charge in [0.1, 0.15) is 5.82 Å². The third-order valence-electron chi connectivity index (χ3n) is 2.91. The Labute approximate surface area is 100 Å². The number of aliphatic hydroxyl groups is 1. The van der Waals surface area contributed by atoms with Gasteiger partial charge in [0.15, 0.2) is 0 Å². The van der Waals surface area contributed by atoms with Crippen molar-refractivity contribution in [2.24, 2.45) is 0 Å². The van der Waals surface area contributed by atoms with Crippen molar-refractivity contribution in [1.29, 1.82) is 5.26 Å². The predicted octanol–water partition coefficient (Wildman–Crippen LogP) is 2.20. The topological polar surface area (TPSA) is 47.3 Å². The summed E-state index contributed by atoms with van der Waals surface area (Å²) in [6, 6.07) is 7.13. The van der Waals surface area contributed by atoms with Gasteiger partial charge in [-0.25, -0.2) is 4.39 Å². The molecule has 2 rings (SSSR count). The lowest BCUT2D eigenvalue weighted by molar-refractivity contribution is 0.281. The number of nitrogens with zero attached hydrogens (tertiary/aromatic N) is 2. The molecule has 4 heteroatoms. The van der Waals surface area contributed by atoms with Gasteiger partial charge in [-0.1, -0.05) is 0 Å². The summed E-state index contributed by atoms with van der Waals surface area (Å²) < 4.78 is 13.4. The first-order valence-electron chi connectivity index (χ1n) is 5.78. The summed E-state index contributed by atoms with van der Waals surface area (Å²) >= 11 is 0. The first-order valence-corrected chi connectivity index (χ1v) is 5.78. The fourth-order valence-electron chi connectivity index (χ4n) is 1.97. The number of aliphatic hydroxyl groups excluding tert-OH is 1. The molecular formula is C13H15FN2O. The van der Waals surface area contributed by atoms with Gasteiger partial charge in [0.2, 0.25) is 0 Å². The molecule has 0 aromatic heterocycles. The van der Waals surface area contributed by atoms with Gasteiger partial charge < -0.3 is 10.0 Å². The van der Waals surface area contributed by atoms with Gasteiger partial charge in [0, 0.05) is 18.3 Å². The SMILES string of the molecule is N#CCCN(c1cc(F)cc(CO)c1)C1CC1. The van der Waals surface area contributed by atoms with Crippen LogP contribution in [-0.4, -0.2) is 17.7 Å². The molecule has 1 aliphatic carbocycles. The highest BCUT2D eigenvalue weighted by molar-refractivity contribution is 5.51. The van der Waals surface area contributed by atoms with Crippen molar-refractivity contribution >= 4 is 5.69 Å². The van der Waals surface area contributed by atoms with E-state index < -0.39 is 0 Å². The molecule has 0 amide bonds. The highest BCUT2D eigenvalue weighted by Crippen LogP contribution is 2.32. The van der Waals surface area contributed by atoms with E-state index in [-0.39, 0.29) is 12.4 Å². The van der Waals surface area contributed by atoms with E-state index in [9.17, 15) is 4.39 Å². The van der Waals surface area contributed by atoms with Crippen LogP contribution in [0.25, 0.3) is 0 Å². The molecule has 17 heavy (non-hydrogen) atoms. The summed E-state index contributed by atoms with van der Waals surface area (Å²) in [5.74, 6) is -0.339. The van der Waals surface area contributed by atoms with Crippen LogP contribution in [0.1, 0.15) is 24.8 Å². The lowest BCUT2D eigenvalue weighted by atomic mass is 10.2. The van der Waals surface area contributed by atoms with Crippen LogP contribution in [0.5, 0.6) is 0 Å². The second kappa shape index (κ2) is 5.15. The molecule has 1 N–H and O–H groups in total. The van der Waals surface area contributed by atoms with E-state index in [2.05, 4.69) is 11.0 Å². The van der Waals surface area contributed by atoms with Crippen molar-refractivity contribution in [1.82, 2.24) is 0 Å². The highest BCUT2D eigenvalue weighted by Gasteiger charge is 2.29. The zero-order chi connectivity index (χ0) is 12.3. The van der Waals surface area contributed by atoms with Gasteiger partial charge >= 0.3 is 0 Å². The molecule has 0 aliphatic heterocycles. The Kier molecular flexibility index (Phi) is 3.60. The number of hydrogen-bond acceptors (Lipinski definition) is 3. The Morgan fingerprint density at radius 1 is 1.41 bits per heavy atom. The predicted molar refractivity (Wildman–Crippen MR) is 62.9 cm³/mol. The second-order valence-electron chi connectivity index (χ2n) is 4.31. The van der Waals surface area contributed by atoms with Crippen LogP contribution in [-0.2, 0) is 6.61 Å². The number of hydrogen-bond donors (Lipinski definition) is 1. The van der Waals surface area contributed by atoms with Crippen molar-refractivity contribution in [3.8, 4) is 6.07 Å². The van der Waals surface area contributed by atoms with Crippen molar-refractivity contribution in [3.05, 3.63) is 29.6 Å². The van der Waals surface area contributed by atoms with E-state index in [1.807, 2.05) is 0 Å². The molecule has 0 bridgehead atoms. The first-order chi connectivity index (χ1) is 8.24. The van der Waals surface area contributed by atoms with E-state index in [0.29, 0.717) is 24.6 Å². The quantitative estimate of drug-likeness (QED) is 0.849. The number of benzene rings is 1. The van der Waals surface area contributed by atoms with Crippen LogP contribution >= 0.6 is 0 Å². The Bertz CT molecular complexity index is 438. The second-order valence-corrected chi connectivity index (χ2v) is 4.31. The number of rotatable bonds is 5. The van der Waals surface area contributed by atoms with Crippen LogP contribution in [0.3, 0.4) is 0 Å². The van der Waals surface area contributed by atoms with Crippen LogP contribution in [0.4, 0.5) is 10.1 Å². The van der Waals surface area contributed by atoms with Gasteiger partial charge in [0.25, 0.3) is 0 Å². The van der Waals surface area contributed by atoms with Crippen molar-refractivity contribution in [2.45, 2.75) is 31.9 Å². The summed E-state index contributed by atoms with van der Waals surface area (Å²) in [6.45, 7) is 0.455. The summed E-state index contributed by atoms with van der Waals surface area (Å²) in [5.41, 5.74) is 1.34.